The van der Waals surface area contributed by atoms with Crippen LogP contribution in [0.25, 0.3) is 5.69 Å². The van der Waals surface area contributed by atoms with Crippen molar-refractivity contribution in [2.75, 3.05) is 18.6 Å². The number of nitrogens with zero attached hydrogens (tertiary/aromatic N) is 3. The highest BCUT2D eigenvalue weighted by Crippen LogP contribution is 2.44. The molecule has 2 heterocycles. The Morgan fingerprint density at radius 1 is 1.18 bits per heavy atom. The molecular formula is C26H25ClF3N3O5. The molecule has 2 aromatic carbocycles. The number of likely N-dealkylation sites (N-methyl/N-ethyl adjacent to an activating group) is 1. The molecule has 8 nitrogen and oxygen atoms in total. The number of esters is 1. The Bertz CT molecular complexity index is 1540. The number of carbonyl (C=O) groups is 1. The van der Waals surface area contributed by atoms with E-state index in [9.17, 15) is 32.7 Å². The highest BCUT2D eigenvalue weighted by atomic mass is 35.5. The first-order chi connectivity index (χ1) is 17.7. The van der Waals surface area contributed by atoms with Gasteiger partial charge >= 0.3 is 17.8 Å². The second-order valence-electron chi connectivity index (χ2n) is 9.49. The van der Waals surface area contributed by atoms with Crippen LogP contribution < -0.4 is 16.1 Å². The van der Waals surface area contributed by atoms with Gasteiger partial charge in [0.1, 0.15) is 11.8 Å². The Hall–Kier alpha value is -3.57. The molecule has 0 bridgehead atoms. The summed E-state index contributed by atoms with van der Waals surface area (Å²) in [5, 5.41) is 10.1. The first-order valence-electron chi connectivity index (χ1n) is 11.6. The molecule has 1 unspecified atom stereocenters. The average Bonchev–Trinajstić information content (AvgIpc) is 3.00. The molecule has 38 heavy (non-hydrogen) atoms. The van der Waals surface area contributed by atoms with Gasteiger partial charge in [-0.3, -0.25) is 13.9 Å². The van der Waals surface area contributed by atoms with Crippen LogP contribution >= 0.6 is 11.6 Å². The van der Waals surface area contributed by atoms with Crippen molar-refractivity contribution in [2.24, 2.45) is 0 Å². The summed E-state index contributed by atoms with van der Waals surface area (Å²) in [7, 11) is 1.67. The normalized spacial score (nSPS) is 16.4. The smallest absolute Gasteiger partial charge is 0.418 e. The minimum Gasteiger partial charge on any atom is -0.462 e. The molecule has 1 aliphatic rings. The molecule has 1 aliphatic heterocycles. The lowest BCUT2D eigenvalue weighted by Gasteiger charge is -2.26. The van der Waals surface area contributed by atoms with Crippen LogP contribution in [0, 0.1) is 0 Å². The molecular weight excluding hydrogens is 527 g/mol. The van der Waals surface area contributed by atoms with Gasteiger partial charge in [0.15, 0.2) is 0 Å². The van der Waals surface area contributed by atoms with Crippen LogP contribution in [0.1, 0.15) is 47.8 Å². The van der Waals surface area contributed by atoms with Crippen LogP contribution in [0.15, 0.2) is 52.2 Å². The van der Waals surface area contributed by atoms with Crippen LogP contribution in [-0.2, 0) is 22.9 Å². The summed E-state index contributed by atoms with van der Waals surface area (Å²) in [4.78, 5) is 41.0. The van der Waals surface area contributed by atoms with Crippen molar-refractivity contribution in [2.45, 2.75) is 45.1 Å². The van der Waals surface area contributed by atoms with E-state index in [-0.39, 0.29) is 12.3 Å². The predicted octanol–water partition coefficient (Wildman–Crippen LogP) is 3.94. The topological polar surface area (TPSA) is 93.8 Å². The zero-order chi connectivity index (χ0) is 28.2. The number of anilines is 1. The number of rotatable bonds is 5. The second-order valence-corrected chi connectivity index (χ2v) is 9.89. The van der Waals surface area contributed by atoms with Crippen molar-refractivity contribution in [3.05, 3.63) is 90.7 Å². The number of aromatic nitrogens is 2. The van der Waals surface area contributed by atoms with E-state index in [4.69, 9.17) is 16.3 Å². The third-order valence-corrected chi connectivity index (χ3v) is 7.04. The molecule has 0 radical (unpaired) electrons. The molecule has 0 saturated carbocycles. The summed E-state index contributed by atoms with van der Waals surface area (Å²) in [6.07, 6.45) is -4.69. The Balaban J connectivity index is 1.96. The molecule has 0 fully saturated rings. The molecule has 0 saturated heterocycles. The summed E-state index contributed by atoms with van der Waals surface area (Å²) in [5.74, 6) is -1.03. The van der Waals surface area contributed by atoms with E-state index in [0.29, 0.717) is 10.3 Å². The van der Waals surface area contributed by atoms with Crippen molar-refractivity contribution in [1.29, 1.82) is 0 Å². The highest BCUT2D eigenvalue weighted by molar-refractivity contribution is 6.31. The number of hydrogen-bond acceptors (Lipinski definition) is 6. The number of aliphatic hydroxyl groups excluding tert-OH is 1. The molecule has 0 aliphatic carbocycles. The molecule has 3 aromatic rings. The van der Waals surface area contributed by atoms with E-state index >= 15 is 0 Å². The fourth-order valence-electron chi connectivity index (χ4n) is 4.72. The van der Waals surface area contributed by atoms with E-state index in [0.717, 1.165) is 28.5 Å². The predicted molar refractivity (Wildman–Crippen MR) is 135 cm³/mol. The Morgan fingerprint density at radius 2 is 1.87 bits per heavy atom. The Morgan fingerprint density at radius 3 is 2.50 bits per heavy atom. The number of hydrogen-bond donors (Lipinski definition) is 1. The van der Waals surface area contributed by atoms with Gasteiger partial charge in [-0.2, -0.15) is 13.2 Å². The van der Waals surface area contributed by atoms with E-state index in [1.807, 2.05) is 13.8 Å². The van der Waals surface area contributed by atoms with Gasteiger partial charge in [0.2, 0.25) is 0 Å². The van der Waals surface area contributed by atoms with Crippen molar-refractivity contribution in [3.63, 3.8) is 0 Å². The SMILES string of the molecule is CCOC(=O)c1cn(-c2ccc3c(c2)N(C)C(O)C3(C)C)c(=O)n(Cc2cccc(Cl)c2C(F)(F)F)c1=O. The summed E-state index contributed by atoms with van der Waals surface area (Å²) in [6.45, 7) is 4.37. The first-order valence-corrected chi connectivity index (χ1v) is 12.0. The lowest BCUT2D eigenvalue weighted by atomic mass is 9.85. The molecule has 202 valence electrons. The van der Waals surface area contributed by atoms with Crippen molar-refractivity contribution in [1.82, 2.24) is 9.13 Å². The van der Waals surface area contributed by atoms with Crippen LogP contribution in [0.2, 0.25) is 5.02 Å². The summed E-state index contributed by atoms with van der Waals surface area (Å²) in [6, 6.07) is 8.31. The molecule has 1 aromatic heterocycles. The van der Waals surface area contributed by atoms with Gasteiger partial charge in [0.25, 0.3) is 5.56 Å². The van der Waals surface area contributed by atoms with Gasteiger partial charge in [-0.1, -0.05) is 43.6 Å². The van der Waals surface area contributed by atoms with Crippen molar-refractivity contribution >= 4 is 23.3 Å². The maximum absolute atomic E-state index is 13.8. The van der Waals surface area contributed by atoms with Gasteiger partial charge in [0.05, 0.1) is 29.4 Å². The lowest BCUT2D eigenvalue weighted by molar-refractivity contribution is -0.138. The molecule has 0 amide bonds. The van der Waals surface area contributed by atoms with E-state index < -0.39 is 63.3 Å². The number of fused-ring (bicyclic) bond motifs is 1. The summed E-state index contributed by atoms with van der Waals surface area (Å²) < 4.78 is 47.8. The average molecular weight is 552 g/mol. The van der Waals surface area contributed by atoms with Crippen LogP contribution in [0.5, 0.6) is 0 Å². The van der Waals surface area contributed by atoms with Gasteiger partial charge in [0, 0.05) is 24.3 Å². The van der Waals surface area contributed by atoms with E-state index in [1.54, 1.807) is 30.1 Å². The first kappa shape index (κ1) is 27.5. The quantitative estimate of drug-likeness (QED) is 0.483. The maximum Gasteiger partial charge on any atom is 0.418 e. The number of carbonyl (C=O) groups excluding carboxylic acids is 1. The fraction of sp³-hybridized carbons (Fsp3) is 0.346. The highest BCUT2D eigenvalue weighted by Gasteiger charge is 2.42. The van der Waals surface area contributed by atoms with Crippen molar-refractivity contribution < 1.29 is 27.8 Å². The molecule has 4 rings (SSSR count). The summed E-state index contributed by atoms with van der Waals surface area (Å²) in [5.41, 5.74) is -3.20. The zero-order valence-corrected chi connectivity index (χ0v) is 21.7. The molecule has 0 spiro atoms. The number of aliphatic hydroxyl groups is 1. The van der Waals surface area contributed by atoms with Crippen LogP contribution in [-0.4, -0.2) is 40.1 Å². The van der Waals surface area contributed by atoms with Crippen LogP contribution in [0.3, 0.4) is 0 Å². The lowest BCUT2D eigenvalue weighted by Crippen LogP contribution is -2.42. The Kier molecular flexibility index (Phi) is 6.96. The Labute approximate surface area is 220 Å². The van der Waals surface area contributed by atoms with Gasteiger partial charge < -0.3 is 14.7 Å². The number of alkyl halides is 3. The fourth-order valence-corrected chi connectivity index (χ4v) is 5.03. The van der Waals surface area contributed by atoms with Gasteiger partial charge in [-0.15, -0.1) is 0 Å². The number of benzene rings is 2. The number of ether oxygens (including phenoxy) is 1. The monoisotopic (exact) mass is 551 g/mol. The van der Waals surface area contributed by atoms with E-state index in [1.165, 1.54) is 13.0 Å². The van der Waals surface area contributed by atoms with Gasteiger partial charge in [-0.25, -0.2) is 9.59 Å². The van der Waals surface area contributed by atoms with Crippen LogP contribution in [0.4, 0.5) is 18.9 Å². The number of halogens is 4. The zero-order valence-electron chi connectivity index (χ0n) is 21.0. The second kappa shape index (κ2) is 9.63. The van der Waals surface area contributed by atoms with Crippen molar-refractivity contribution in [3.8, 4) is 5.69 Å². The molecule has 12 heteroatoms. The molecule has 1 atom stereocenters. The van der Waals surface area contributed by atoms with Gasteiger partial charge in [-0.05, 0) is 36.2 Å². The minimum absolute atomic E-state index is 0.0689. The van der Waals surface area contributed by atoms with E-state index in [2.05, 4.69) is 0 Å². The third kappa shape index (κ3) is 4.49. The maximum atomic E-state index is 13.8. The minimum atomic E-state index is -4.85. The standard InChI is InChI=1S/C26H25ClF3N3O5/c1-5-38-22(35)16-13-32(15-9-10-17-19(11-15)31(4)23(36)25(17,2)3)24(37)33(21(16)34)12-14-7-6-8-18(27)20(14)26(28,29)30/h6-11,13,23,36H,5,12H2,1-4H3. The summed E-state index contributed by atoms with van der Waals surface area (Å²) >= 11 is 5.82. The molecule has 1 N–H and O–H groups in total. The third-order valence-electron chi connectivity index (χ3n) is 6.72. The largest absolute Gasteiger partial charge is 0.462 e.